The molecule has 1 aliphatic rings. The minimum atomic E-state index is -0.0934. The predicted molar refractivity (Wildman–Crippen MR) is 79.8 cm³/mol. The second-order valence-corrected chi connectivity index (χ2v) is 6.99. The highest BCUT2D eigenvalue weighted by molar-refractivity contribution is 7.80. The summed E-state index contributed by atoms with van der Waals surface area (Å²) in [4.78, 5) is 14.5. The van der Waals surface area contributed by atoms with E-state index in [1.54, 1.807) is 11.0 Å². The highest BCUT2D eigenvalue weighted by atomic mass is 35.5. The predicted octanol–water partition coefficient (Wildman–Crippen LogP) is 3.19. The molecule has 3 nitrogen and oxygen atoms in total. The van der Waals surface area contributed by atoms with E-state index in [2.05, 4.69) is 0 Å². The fourth-order valence-electron chi connectivity index (χ4n) is 2.05. The van der Waals surface area contributed by atoms with E-state index in [1.165, 1.54) is 11.3 Å². The second-order valence-electron chi connectivity index (χ2n) is 4.23. The third-order valence-corrected chi connectivity index (χ3v) is 4.82. The van der Waals surface area contributed by atoms with Crippen molar-refractivity contribution in [2.75, 3.05) is 13.1 Å². The number of halogens is 2. The lowest BCUT2D eigenvalue weighted by Gasteiger charge is -2.32. The number of rotatable bonds is 2. The molecule has 1 aromatic heterocycles. The first-order chi connectivity index (χ1) is 8.49. The quantitative estimate of drug-likeness (QED) is 0.850. The van der Waals surface area contributed by atoms with Gasteiger partial charge in [0.2, 0.25) is 0 Å². The fraction of sp³-hybridized carbons (Fsp3) is 0.455. The Morgan fingerprint density at radius 3 is 2.83 bits per heavy atom. The van der Waals surface area contributed by atoms with Crippen molar-refractivity contribution in [1.82, 2.24) is 4.90 Å². The summed E-state index contributed by atoms with van der Waals surface area (Å²) in [5, 5.41) is 0. The SMILES string of the molecule is NC(=S)C1CCCN(C(=O)c2cc(Cl)sc2Cl)C1. The molecule has 1 amide bonds. The first-order valence-electron chi connectivity index (χ1n) is 5.52. The first kappa shape index (κ1) is 14.1. The lowest BCUT2D eigenvalue weighted by molar-refractivity contribution is 0.0704. The Hall–Kier alpha value is -0.360. The molecule has 7 heteroatoms. The molecule has 2 heterocycles. The van der Waals surface area contributed by atoms with E-state index in [-0.39, 0.29) is 11.8 Å². The van der Waals surface area contributed by atoms with Crippen LogP contribution in [0, 0.1) is 5.92 Å². The van der Waals surface area contributed by atoms with Crippen LogP contribution in [0.15, 0.2) is 6.07 Å². The van der Waals surface area contributed by atoms with Crippen molar-refractivity contribution in [3.63, 3.8) is 0 Å². The van der Waals surface area contributed by atoms with E-state index >= 15 is 0 Å². The zero-order valence-electron chi connectivity index (χ0n) is 9.49. The van der Waals surface area contributed by atoms with Crippen LogP contribution >= 0.6 is 46.8 Å². The average molecular weight is 323 g/mol. The smallest absolute Gasteiger partial charge is 0.256 e. The van der Waals surface area contributed by atoms with E-state index in [0.717, 1.165) is 12.8 Å². The number of hydrogen-bond donors (Lipinski definition) is 1. The Kier molecular flexibility index (Phi) is 4.48. The molecule has 2 rings (SSSR count). The zero-order valence-corrected chi connectivity index (χ0v) is 12.6. The summed E-state index contributed by atoms with van der Waals surface area (Å²) in [5.74, 6) is 0.00897. The molecule has 1 atom stereocenters. The van der Waals surface area contributed by atoms with Gasteiger partial charge in [-0.1, -0.05) is 35.4 Å². The Balaban J connectivity index is 2.14. The van der Waals surface area contributed by atoms with Crippen LogP contribution in [0.25, 0.3) is 0 Å². The van der Waals surface area contributed by atoms with E-state index in [0.29, 0.717) is 32.3 Å². The summed E-state index contributed by atoms with van der Waals surface area (Å²) in [6.45, 7) is 1.28. The molecule has 0 radical (unpaired) electrons. The molecule has 2 N–H and O–H groups in total. The van der Waals surface area contributed by atoms with Crippen LogP contribution in [0.4, 0.5) is 0 Å². The molecule has 0 saturated carbocycles. The van der Waals surface area contributed by atoms with Crippen molar-refractivity contribution in [2.24, 2.45) is 11.7 Å². The maximum atomic E-state index is 12.3. The maximum Gasteiger partial charge on any atom is 0.256 e. The number of nitrogens with two attached hydrogens (primary N) is 1. The Labute approximate surface area is 125 Å². The molecule has 0 bridgehead atoms. The molecule has 1 fully saturated rings. The van der Waals surface area contributed by atoms with Gasteiger partial charge in [-0.05, 0) is 18.9 Å². The first-order valence-corrected chi connectivity index (χ1v) is 7.50. The van der Waals surface area contributed by atoms with Gasteiger partial charge < -0.3 is 10.6 Å². The van der Waals surface area contributed by atoms with Gasteiger partial charge in [-0.3, -0.25) is 4.79 Å². The Morgan fingerprint density at radius 1 is 1.56 bits per heavy atom. The molecule has 98 valence electrons. The number of piperidine rings is 1. The molecule has 0 aliphatic carbocycles. The van der Waals surface area contributed by atoms with Crippen LogP contribution in [-0.2, 0) is 0 Å². The van der Waals surface area contributed by atoms with E-state index < -0.39 is 0 Å². The fourth-order valence-corrected chi connectivity index (χ4v) is 3.69. The molecule has 18 heavy (non-hydrogen) atoms. The van der Waals surface area contributed by atoms with Gasteiger partial charge >= 0.3 is 0 Å². The summed E-state index contributed by atoms with van der Waals surface area (Å²) in [7, 11) is 0. The highest BCUT2D eigenvalue weighted by Crippen LogP contribution is 2.32. The van der Waals surface area contributed by atoms with Crippen molar-refractivity contribution in [2.45, 2.75) is 12.8 Å². The number of hydrogen-bond acceptors (Lipinski definition) is 3. The summed E-state index contributed by atoms with van der Waals surface area (Å²) >= 11 is 18.0. The number of likely N-dealkylation sites (tertiary alicyclic amines) is 1. The minimum Gasteiger partial charge on any atom is -0.393 e. The summed E-state index contributed by atoms with van der Waals surface area (Å²) < 4.78 is 0.953. The highest BCUT2D eigenvalue weighted by Gasteiger charge is 2.27. The van der Waals surface area contributed by atoms with Gasteiger partial charge in [0.15, 0.2) is 0 Å². The monoisotopic (exact) mass is 322 g/mol. The van der Waals surface area contributed by atoms with Crippen molar-refractivity contribution in [1.29, 1.82) is 0 Å². The lowest BCUT2D eigenvalue weighted by Crippen LogP contribution is -2.43. The van der Waals surface area contributed by atoms with Crippen molar-refractivity contribution in [3.8, 4) is 0 Å². The summed E-state index contributed by atoms with van der Waals surface area (Å²) in [6.07, 6.45) is 1.85. The topological polar surface area (TPSA) is 46.3 Å². The van der Waals surface area contributed by atoms with Gasteiger partial charge in [0.05, 0.1) is 14.9 Å². The second kappa shape index (κ2) is 5.74. The summed E-state index contributed by atoms with van der Waals surface area (Å²) in [6, 6.07) is 1.61. The molecule has 1 saturated heterocycles. The van der Waals surface area contributed by atoms with Crippen LogP contribution in [0.5, 0.6) is 0 Å². The van der Waals surface area contributed by atoms with Gasteiger partial charge in [0, 0.05) is 19.0 Å². The van der Waals surface area contributed by atoms with Crippen LogP contribution in [0.1, 0.15) is 23.2 Å². The number of nitrogens with zero attached hydrogens (tertiary/aromatic N) is 1. The van der Waals surface area contributed by atoms with E-state index in [9.17, 15) is 4.79 Å². The molecule has 1 aromatic rings. The number of carbonyl (C=O) groups is 1. The van der Waals surface area contributed by atoms with Gasteiger partial charge in [-0.25, -0.2) is 0 Å². The lowest BCUT2D eigenvalue weighted by atomic mass is 9.98. The Bertz CT molecular complexity index is 489. The molecule has 1 unspecified atom stereocenters. The van der Waals surface area contributed by atoms with E-state index in [4.69, 9.17) is 41.2 Å². The molecular formula is C11H12Cl2N2OS2. The number of carbonyl (C=O) groups excluding carboxylic acids is 1. The largest absolute Gasteiger partial charge is 0.393 e. The van der Waals surface area contributed by atoms with Crippen molar-refractivity contribution < 1.29 is 4.79 Å². The van der Waals surface area contributed by atoms with Crippen LogP contribution in [-0.4, -0.2) is 28.9 Å². The number of thiocarbonyl (C=S) groups is 1. The van der Waals surface area contributed by atoms with Gasteiger partial charge in [0.25, 0.3) is 5.91 Å². The Morgan fingerprint density at radius 2 is 2.28 bits per heavy atom. The molecule has 1 aliphatic heterocycles. The van der Waals surface area contributed by atoms with Gasteiger partial charge in [-0.15, -0.1) is 11.3 Å². The zero-order chi connectivity index (χ0) is 13.3. The summed E-state index contributed by atoms with van der Waals surface area (Å²) in [5.41, 5.74) is 6.12. The van der Waals surface area contributed by atoms with Crippen molar-refractivity contribution >= 4 is 57.7 Å². The van der Waals surface area contributed by atoms with Crippen molar-refractivity contribution in [3.05, 3.63) is 20.3 Å². The van der Waals surface area contributed by atoms with Crippen LogP contribution < -0.4 is 5.73 Å². The van der Waals surface area contributed by atoms with Gasteiger partial charge in [-0.2, -0.15) is 0 Å². The number of amides is 1. The minimum absolute atomic E-state index is 0.0934. The van der Waals surface area contributed by atoms with Gasteiger partial charge in [0.1, 0.15) is 4.34 Å². The number of thiophene rings is 1. The normalized spacial score (nSPS) is 19.9. The third kappa shape index (κ3) is 2.96. The molecule has 0 aromatic carbocycles. The van der Waals surface area contributed by atoms with Crippen LogP contribution in [0.2, 0.25) is 8.67 Å². The standard InChI is InChI=1S/C11H12Cl2N2OS2/c12-8-4-7(9(13)18-8)11(16)15-3-1-2-6(5-15)10(14)17/h4,6H,1-3,5H2,(H2,14,17). The van der Waals surface area contributed by atoms with E-state index in [1.807, 2.05) is 0 Å². The van der Waals surface area contributed by atoms with Crippen LogP contribution in [0.3, 0.4) is 0 Å². The average Bonchev–Trinajstić information content (AvgIpc) is 2.67. The third-order valence-electron chi connectivity index (χ3n) is 3.00. The molecule has 0 spiro atoms. The molecular weight excluding hydrogens is 311 g/mol. The maximum absolute atomic E-state index is 12.3.